The minimum atomic E-state index is -0.677. The second-order valence-corrected chi connectivity index (χ2v) is 6.56. The summed E-state index contributed by atoms with van der Waals surface area (Å²) >= 11 is 0.742. The maximum atomic E-state index is 12.1. The number of ether oxygens (including phenoxy) is 1. The molecule has 7 nitrogen and oxygen atoms in total. The van der Waals surface area contributed by atoms with Crippen LogP contribution >= 0.6 is 11.3 Å². The van der Waals surface area contributed by atoms with Gasteiger partial charge in [0.25, 0.3) is 0 Å². The Morgan fingerprint density at radius 2 is 1.96 bits per heavy atom. The standard InChI is InChI=1S/C17H13NO6S/c1-9-5-12-11(7-16(19)24-13(12)6-10(9)2)8-23-17(20)14-3-4-15(25-14)18(21)22/h3-7H,8H2,1-2H3. The van der Waals surface area contributed by atoms with E-state index in [4.69, 9.17) is 9.15 Å². The molecule has 0 N–H and O–H groups in total. The number of benzene rings is 1. The molecule has 0 fully saturated rings. The molecule has 0 aliphatic rings. The molecular weight excluding hydrogens is 346 g/mol. The fraction of sp³-hybridized carbons (Fsp3) is 0.176. The highest BCUT2D eigenvalue weighted by Gasteiger charge is 2.17. The minimum absolute atomic E-state index is 0.130. The fourth-order valence-corrected chi connectivity index (χ4v) is 3.07. The van der Waals surface area contributed by atoms with E-state index in [0.717, 1.165) is 22.5 Å². The van der Waals surface area contributed by atoms with E-state index in [2.05, 4.69) is 0 Å². The van der Waals surface area contributed by atoms with Crippen molar-refractivity contribution in [1.29, 1.82) is 0 Å². The van der Waals surface area contributed by atoms with Crippen LogP contribution in [0.1, 0.15) is 26.4 Å². The molecule has 0 bridgehead atoms. The summed E-state index contributed by atoms with van der Waals surface area (Å²) in [5, 5.41) is 11.2. The molecule has 0 saturated carbocycles. The van der Waals surface area contributed by atoms with E-state index in [1.807, 2.05) is 19.9 Å². The zero-order chi connectivity index (χ0) is 18.1. The summed E-state index contributed by atoms with van der Waals surface area (Å²) in [4.78, 5) is 34.0. The lowest BCUT2D eigenvalue weighted by molar-refractivity contribution is -0.380. The van der Waals surface area contributed by atoms with Gasteiger partial charge in [0, 0.05) is 23.1 Å². The van der Waals surface area contributed by atoms with Gasteiger partial charge >= 0.3 is 16.6 Å². The second-order valence-electron chi connectivity index (χ2n) is 5.49. The van der Waals surface area contributed by atoms with Crippen LogP contribution in [0.3, 0.4) is 0 Å². The molecule has 2 heterocycles. The number of carbonyl (C=O) groups is 1. The lowest BCUT2D eigenvalue weighted by Gasteiger charge is -2.08. The summed E-state index contributed by atoms with van der Waals surface area (Å²) in [6.07, 6.45) is 0. The lowest BCUT2D eigenvalue weighted by Crippen LogP contribution is -2.07. The van der Waals surface area contributed by atoms with Gasteiger partial charge in [-0.2, -0.15) is 0 Å². The molecule has 0 amide bonds. The second kappa shape index (κ2) is 6.48. The number of nitro groups is 1. The highest BCUT2D eigenvalue weighted by atomic mass is 32.1. The summed E-state index contributed by atoms with van der Waals surface area (Å²) in [6, 6.07) is 7.50. The van der Waals surface area contributed by atoms with Crippen LogP contribution in [0.15, 0.2) is 39.5 Å². The van der Waals surface area contributed by atoms with Gasteiger partial charge in [0.1, 0.15) is 17.1 Å². The number of carbonyl (C=O) groups excluding carboxylic acids is 1. The molecule has 3 rings (SSSR count). The molecule has 0 aliphatic heterocycles. The molecule has 8 heteroatoms. The largest absolute Gasteiger partial charge is 0.457 e. The monoisotopic (exact) mass is 359 g/mol. The molecule has 0 aliphatic carbocycles. The van der Waals surface area contributed by atoms with Crippen molar-refractivity contribution in [1.82, 2.24) is 0 Å². The zero-order valence-electron chi connectivity index (χ0n) is 13.4. The Morgan fingerprint density at radius 3 is 2.64 bits per heavy atom. The third-order valence-corrected chi connectivity index (χ3v) is 4.79. The first-order chi connectivity index (χ1) is 11.8. The minimum Gasteiger partial charge on any atom is -0.457 e. The van der Waals surface area contributed by atoms with Crippen LogP contribution in [-0.4, -0.2) is 10.9 Å². The van der Waals surface area contributed by atoms with Gasteiger partial charge < -0.3 is 9.15 Å². The summed E-state index contributed by atoms with van der Waals surface area (Å²) in [5.74, 6) is -0.677. The van der Waals surface area contributed by atoms with Crippen LogP contribution in [0.25, 0.3) is 11.0 Å². The molecule has 0 atom stereocenters. The summed E-state index contributed by atoms with van der Waals surface area (Å²) < 4.78 is 10.4. The van der Waals surface area contributed by atoms with Crippen molar-refractivity contribution in [3.8, 4) is 0 Å². The Morgan fingerprint density at radius 1 is 1.24 bits per heavy atom. The summed E-state index contributed by atoms with van der Waals surface area (Å²) in [5.41, 5.74) is 2.41. The number of esters is 1. The van der Waals surface area contributed by atoms with Crippen LogP contribution in [0.4, 0.5) is 5.00 Å². The van der Waals surface area contributed by atoms with E-state index >= 15 is 0 Å². The Labute approximate surface area is 145 Å². The normalized spacial score (nSPS) is 10.8. The highest BCUT2D eigenvalue weighted by molar-refractivity contribution is 7.17. The third-order valence-electron chi connectivity index (χ3n) is 3.78. The number of fused-ring (bicyclic) bond motifs is 1. The van der Waals surface area contributed by atoms with Crippen molar-refractivity contribution in [3.63, 3.8) is 0 Å². The number of rotatable bonds is 4. The number of thiophene rings is 1. The van der Waals surface area contributed by atoms with Gasteiger partial charge in [-0.25, -0.2) is 9.59 Å². The van der Waals surface area contributed by atoms with E-state index in [9.17, 15) is 19.7 Å². The fourth-order valence-electron chi connectivity index (χ4n) is 2.35. The van der Waals surface area contributed by atoms with Crippen molar-refractivity contribution in [2.75, 3.05) is 0 Å². The quantitative estimate of drug-likeness (QED) is 0.304. The molecule has 0 radical (unpaired) electrons. The predicted molar refractivity (Wildman–Crippen MR) is 92.1 cm³/mol. The van der Waals surface area contributed by atoms with Crippen molar-refractivity contribution in [3.05, 3.63) is 72.4 Å². The SMILES string of the molecule is Cc1cc2oc(=O)cc(COC(=O)c3ccc([N+](=O)[O-])s3)c2cc1C. The summed E-state index contributed by atoms with van der Waals surface area (Å²) in [6.45, 7) is 3.71. The van der Waals surface area contributed by atoms with Gasteiger partial charge in [-0.05, 0) is 43.2 Å². The average molecular weight is 359 g/mol. The Kier molecular flexibility index (Phi) is 4.37. The maximum absolute atomic E-state index is 12.1. The predicted octanol–water partition coefficient (Wildman–Crippen LogP) is 3.74. The molecule has 1 aromatic carbocycles. The van der Waals surface area contributed by atoms with Gasteiger partial charge in [-0.1, -0.05) is 11.3 Å². The van der Waals surface area contributed by atoms with Crippen LogP contribution in [0.2, 0.25) is 0 Å². The molecule has 2 aromatic heterocycles. The van der Waals surface area contributed by atoms with E-state index < -0.39 is 16.5 Å². The van der Waals surface area contributed by atoms with Crippen LogP contribution < -0.4 is 5.63 Å². The number of aryl methyl sites for hydroxylation is 2. The first-order valence-corrected chi connectivity index (χ1v) is 8.12. The Balaban J connectivity index is 1.87. The molecule has 0 unspecified atom stereocenters. The van der Waals surface area contributed by atoms with Crippen molar-refractivity contribution >= 4 is 33.3 Å². The lowest BCUT2D eigenvalue weighted by atomic mass is 10.0. The summed E-state index contributed by atoms with van der Waals surface area (Å²) in [7, 11) is 0. The maximum Gasteiger partial charge on any atom is 0.348 e. The van der Waals surface area contributed by atoms with Crippen LogP contribution in [-0.2, 0) is 11.3 Å². The van der Waals surface area contributed by atoms with Crippen LogP contribution in [0, 0.1) is 24.0 Å². The third kappa shape index (κ3) is 3.43. The van der Waals surface area contributed by atoms with E-state index in [-0.39, 0.29) is 16.5 Å². The molecule has 25 heavy (non-hydrogen) atoms. The smallest absolute Gasteiger partial charge is 0.348 e. The van der Waals surface area contributed by atoms with Gasteiger partial charge in [0.2, 0.25) is 0 Å². The first kappa shape index (κ1) is 16.8. The first-order valence-electron chi connectivity index (χ1n) is 7.30. The van der Waals surface area contributed by atoms with Crippen molar-refractivity contribution in [2.45, 2.75) is 20.5 Å². The van der Waals surface area contributed by atoms with Gasteiger partial charge in [0.15, 0.2) is 0 Å². The van der Waals surface area contributed by atoms with Crippen LogP contribution in [0.5, 0.6) is 0 Å². The van der Waals surface area contributed by atoms with E-state index in [1.165, 1.54) is 18.2 Å². The average Bonchev–Trinajstić information content (AvgIpc) is 3.04. The van der Waals surface area contributed by atoms with Crippen molar-refractivity contribution in [2.24, 2.45) is 0 Å². The highest BCUT2D eigenvalue weighted by Crippen LogP contribution is 2.26. The Bertz CT molecular complexity index is 1050. The van der Waals surface area contributed by atoms with Gasteiger partial charge in [-0.15, -0.1) is 0 Å². The van der Waals surface area contributed by atoms with E-state index in [1.54, 1.807) is 6.07 Å². The molecule has 0 spiro atoms. The molecule has 0 saturated heterocycles. The van der Waals surface area contributed by atoms with Gasteiger partial charge in [0.05, 0.1) is 4.92 Å². The Hall–Kier alpha value is -3.00. The van der Waals surface area contributed by atoms with Crippen molar-refractivity contribution < 1.29 is 18.9 Å². The number of hydrogen-bond donors (Lipinski definition) is 0. The zero-order valence-corrected chi connectivity index (χ0v) is 14.2. The van der Waals surface area contributed by atoms with Gasteiger partial charge in [-0.3, -0.25) is 10.1 Å². The van der Waals surface area contributed by atoms with E-state index in [0.29, 0.717) is 16.5 Å². The molecule has 3 aromatic rings. The molecular formula is C17H13NO6S. The number of hydrogen-bond acceptors (Lipinski definition) is 7. The molecule has 128 valence electrons. The number of nitrogens with zero attached hydrogens (tertiary/aromatic N) is 1. The topological polar surface area (TPSA) is 99.7 Å².